The highest BCUT2D eigenvalue weighted by Crippen LogP contribution is 2.23. The summed E-state index contributed by atoms with van der Waals surface area (Å²) < 4.78 is 5.13. The van der Waals surface area contributed by atoms with Crippen LogP contribution in [0.25, 0.3) is 0 Å². The van der Waals surface area contributed by atoms with Gasteiger partial charge < -0.3 is 14.9 Å². The first kappa shape index (κ1) is 10.9. The maximum Gasteiger partial charge on any atom is 0.323 e. The van der Waals surface area contributed by atoms with Crippen LogP contribution in [0.4, 0.5) is 10.6 Å². The number of aromatic nitrogens is 1. The largest absolute Gasteiger partial charge is 0.394 e. The second-order valence-electron chi connectivity index (χ2n) is 4.13. The number of nitrogens with one attached hydrogen (secondary N) is 1. The highest BCUT2D eigenvalue weighted by molar-refractivity contribution is 5.93. The predicted octanol–water partition coefficient (Wildman–Crippen LogP) is 0.688. The van der Waals surface area contributed by atoms with Gasteiger partial charge >= 0.3 is 6.03 Å². The number of hydrogen-bond acceptors (Lipinski definition) is 4. The highest BCUT2D eigenvalue weighted by atomic mass is 16.5. The van der Waals surface area contributed by atoms with Gasteiger partial charge in [-0.05, 0) is 0 Å². The van der Waals surface area contributed by atoms with Crippen LogP contribution in [0.15, 0.2) is 10.6 Å². The van der Waals surface area contributed by atoms with E-state index >= 15 is 0 Å². The molecule has 88 valence electrons. The van der Waals surface area contributed by atoms with Crippen molar-refractivity contribution in [2.75, 3.05) is 18.1 Å². The van der Waals surface area contributed by atoms with E-state index in [-0.39, 0.29) is 24.6 Å². The molecule has 2 N–H and O–H groups in total. The zero-order chi connectivity index (χ0) is 11.7. The monoisotopic (exact) mass is 225 g/mol. The van der Waals surface area contributed by atoms with Crippen LogP contribution in [-0.2, 0) is 0 Å². The summed E-state index contributed by atoms with van der Waals surface area (Å²) in [6.07, 6.45) is 0. The third-order valence-electron chi connectivity index (χ3n) is 2.62. The number of rotatable bonds is 3. The van der Waals surface area contributed by atoms with Crippen LogP contribution in [-0.4, -0.2) is 35.5 Å². The van der Waals surface area contributed by atoms with Gasteiger partial charge in [0.1, 0.15) is 5.76 Å². The van der Waals surface area contributed by atoms with Gasteiger partial charge in [-0.3, -0.25) is 4.90 Å². The van der Waals surface area contributed by atoms with E-state index in [0.29, 0.717) is 12.4 Å². The SMILES string of the molecule is CC(C)c1cc(N2C(=O)NCC2CO)no1. The van der Waals surface area contributed by atoms with Gasteiger partial charge in [0.2, 0.25) is 0 Å². The highest BCUT2D eigenvalue weighted by Gasteiger charge is 2.33. The molecule has 1 atom stereocenters. The van der Waals surface area contributed by atoms with E-state index < -0.39 is 0 Å². The van der Waals surface area contributed by atoms with E-state index in [4.69, 9.17) is 9.63 Å². The van der Waals surface area contributed by atoms with Crippen molar-refractivity contribution >= 4 is 11.8 Å². The molecule has 2 amide bonds. The summed E-state index contributed by atoms with van der Waals surface area (Å²) in [4.78, 5) is 13.0. The Hall–Kier alpha value is -1.56. The quantitative estimate of drug-likeness (QED) is 0.793. The van der Waals surface area contributed by atoms with E-state index in [1.165, 1.54) is 4.90 Å². The number of hydrogen-bond donors (Lipinski definition) is 2. The van der Waals surface area contributed by atoms with Crippen LogP contribution in [0.5, 0.6) is 0 Å². The van der Waals surface area contributed by atoms with Gasteiger partial charge in [0.25, 0.3) is 0 Å². The fourth-order valence-electron chi connectivity index (χ4n) is 1.65. The molecule has 6 nitrogen and oxygen atoms in total. The minimum Gasteiger partial charge on any atom is -0.394 e. The Bertz CT molecular complexity index is 388. The third kappa shape index (κ3) is 1.76. The summed E-state index contributed by atoms with van der Waals surface area (Å²) in [5, 5.41) is 15.6. The number of amides is 2. The average molecular weight is 225 g/mol. The lowest BCUT2D eigenvalue weighted by Crippen LogP contribution is -2.36. The zero-order valence-electron chi connectivity index (χ0n) is 9.30. The van der Waals surface area contributed by atoms with E-state index in [1.807, 2.05) is 13.8 Å². The fourth-order valence-corrected chi connectivity index (χ4v) is 1.65. The Balaban J connectivity index is 2.24. The van der Waals surface area contributed by atoms with Crippen molar-refractivity contribution in [3.8, 4) is 0 Å². The molecule has 2 heterocycles. The van der Waals surface area contributed by atoms with Crippen LogP contribution in [0.3, 0.4) is 0 Å². The Morgan fingerprint density at radius 3 is 3.06 bits per heavy atom. The molecule has 6 heteroatoms. The van der Waals surface area contributed by atoms with Gasteiger partial charge in [-0.2, -0.15) is 0 Å². The van der Waals surface area contributed by atoms with Crippen molar-refractivity contribution in [1.82, 2.24) is 10.5 Å². The molecule has 1 aromatic rings. The smallest absolute Gasteiger partial charge is 0.323 e. The fraction of sp³-hybridized carbons (Fsp3) is 0.600. The summed E-state index contributed by atoms with van der Waals surface area (Å²) >= 11 is 0. The minimum atomic E-state index is -0.266. The molecule has 2 rings (SSSR count). The van der Waals surface area contributed by atoms with Gasteiger partial charge in [0.15, 0.2) is 5.82 Å². The second kappa shape index (κ2) is 4.13. The molecule has 0 saturated carbocycles. The number of carbonyl (C=O) groups excluding carboxylic acids is 1. The molecule has 16 heavy (non-hydrogen) atoms. The maximum absolute atomic E-state index is 11.5. The number of aliphatic hydroxyl groups excluding tert-OH is 1. The van der Waals surface area contributed by atoms with Crippen molar-refractivity contribution in [1.29, 1.82) is 0 Å². The molecule has 0 aliphatic carbocycles. The van der Waals surface area contributed by atoms with Gasteiger partial charge in [0, 0.05) is 18.5 Å². The first-order valence-corrected chi connectivity index (χ1v) is 5.28. The Morgan fingerprint density at radius 1 is 1.75 bits per heavy atom. The molecule has 0 aromatic carbocycles. The molecular formula is C10H15N3O3. The van der Waals surface area contributed by atoms with Gasteiger partial charge in [-0.1, -0.05) is 19.0 Å². The third-order valence-corrected chi connectivity index (χ3v) is 2.62. The van der Waals surface area contributed by atoms with Crippen molar-refractivity contribution < 1.29 is 14.4 Å². The second-order valence-corrected chi connectivity index (χ2v) is 4.13. The number of anilines is 1. The topological polar surface area (TPSA) is 78.6 Å². The molecular weight excluding hydrogens is 210 g/mol. The van der Waals surface area contributed by atoms with Gasteiger partial charge in [-0.15, -0.1) is 0 Å². The lowest BCUT2D eigenvalue weighted by molar-refractivity contribution is 0.247. The van der Waals surface area contributed by atoms with Gasteiger partial charge in [0.05, 0.1) is 12.6 Å². The molecule has 0 bridgehead atoms. The van der Waals surface area contributed by atoms with Crippen LogP contribution < -0.4 is 10.2 Å². The predicted molar refractivity (Wildman–Crippen MR) is 57.3 cm³/mol. The summed E-state index contributed by atoms with van der Waals surface area (Å²) in [6, 6.07) is 1.22. The lowest BCUT2D eigenvalue weighted by Gasteiger charge is -2.17. The van der Waals surface area contributed by atoms with Crippen molar-refractivity contribution in [3.63, 3.8) is 0 Å². The first-order valence-electron chi connectivity index (χ1n) is 5.28. The summed E-state index contributed by atoms with van der Waals surface area (Å²) in [6.45, 7) is 4.30. The first-order chi connectivity index (χ1) is 7.63. The molecule has 1 saturated heterocycles. The van der Waals surface area contributed by atoms with E-state index in [9.17, 15) is 4.79 Å². The molecule has 1 unspecified atom stereocenters. The molecule has 1 aliphatic rings. The molecule has 0 spiro atoms. The van der Waals surface area contributed by atoms with Crippen molar-refractivity contribution in [2.45, 2.75) is 25.8 Å². The number of carbonyl (C=O) groups is 1. The Labute approximate surface area is 93.2 Å². The van der Waals surface area contributed by atoms with Crippen molar-refractivity contribution in [2.24, 2.45) is 0 Å². The molecule has 1 aromatic heterocycles. The minimum absolute atomic E-state index is 0.0946. The number of urea groups is 1. The standard InChI is InChI=1S/C10H15N3O3/c1-6(2)8-3-9(12-16-8)13-7(5-14)4-11-10(13)15/h3,6-7,14H,4-5H2,1-2H3,(H,11,15). The van der Waals surface area contributed by atoms with Gasteiger partial charge in [-0.25, -0.2) is 4.79 Å². The Kier molecular flexibility index (Phi) is 2.82. The lowest BCUT2D eigenvalue weighted by atomic mass is 10.1. The molecule has 1 fully saturated rings. The zero-order valence-corrected chi connectivity index (χ0v) is 9.30. The van der Waals surface area contributed by atoms with Crippen LogP contribution >= 0.6 is 0 Å². The van der Waals surface area contributed by atoms with Crippen molar-refractivity contribution in [3.05, 3.63) is 11.8 Å². The summed E-state index contributed by atoms with van der Waals surface area (Å²) in [7, 11) is 0. The number of nitrogens with zero attached hydrogens (tertiary/aromatic N) is 2. The molecule has 0 radical (unpaired) electrons. The Morgan fingerprint density at radius 2 is 2.50 bits per heavy atom. The molecule has 1 aliphatic heterocycles. The normalized spacial score (nSPS) is 20.6. The average Bonchev–Trinajstić information content (AvgIpc) is 2.83. The van der Waals surface area contributed by atoms with Crippen LogP contribution in [0.1, 0.15) is 25.5 Å². The van der Waals surface area contributed by atoms with E-state index in [1.54, 1.807) is 6.07 Å². The summed E-state index contributed by atoms with van der Waals surface area (Å²) in [5.74, 6) is 1.41. The van der Waals surface area contributed by atoms with Crippen LogP contribution in [0.2, 0.25) is 0 Å². The summed E-state index contributed by atoms with van der Waals surface area (Å²) in [5.41, 5.74) is 0. The number of aliphatic hydroxyl groups is 1. The van der Waals surface area contributed by atoms with Crippen LogP contribution in [0, 0.1) is 0 Å². The maximum atomic E-state index is 11.5. The van der Waals surface area contributed by atoms with E-state index in [0.717, 1.165) is 5.76 Å². The van der Waals surface area contributed by atoms with E-state index in [2.05, 4.69) is 10.5 Å².